The molecule has 1 saturated heterocycles. The van der Waals surface area contributed by atoms with Gasteiger partial charge in [-0.2, -0.15) is 26.3 Å². The molecule has 0 radical (unpaired) electrons. The minimum Gasteiger partial charge on any atom is -0.381 e. The summed E-state index contributed by atoms with van der Waals surface area (Å²) in [5.74, 6) is -1.09. The van der Waals surface area contributed by atoms with Gasteiger partial charge in [0.05, 0.1) is 29.2 Å². The van der Waals surface area contributed by atoms with E-state index in [1.165, 1.54) is 32.5 Å². The lowest BCUT2D eigenvalue weighted by molar-refractivity contribution is -0.143. The molecule has 2 aromatic heterocycles. The van der Waals surface area contributed by atoms with Crippen molar-refractivity contribution >= 4 is 5.91 Å². The molecule has 4 heterocycles. The van der Waals surface area contributed by atoms with Gasteiger partial charge in [0, 0.05) is 32.5 Å². The van der Waals surface area contributed by atoms with E-state index in [0.29, 0.717) is 30.7 Å². The zero-order valence-corrected chi connectivity index (χ0v) is 20.7. The number of alkyl halides is 6. The van der Waals surface area contributed by atoms with Gasteiger partial charge in [0.2, 0.25) is 0 Å². The number of nitrogens with zero attached hydrogens (tertiary/aromatic N) is 4. The first-order chi connectivity index (χ1) is 18.3. The van der Waals surface area contributed by atoms with Gasteiger partial charge in [-0.25, -0.2) is 4.98 Å². The highest BCUT2D eigenvalue weighted by Crippen LogP contribution is 2.42. The van der Waals surface area contributed by atoms with E-state index in [9.17, 15) is 35.9 Å². The second kappa shape index (κ2) is 9.85. The van der Waals surface area contributed by atoms with Crippen LogP contribution in [0.3, 0.4) is 0 Å². The third-order valence-corrected chi connectivity index (χ3v) is 7.19. The number of imidazole rings is 1. The summed E-state index contributed by atoms with van der Waals surface area (Å²) in [5, 5.41) is 0. The zero-order chi connectivity index (χ0) is 28.1. The smallest absolute Gasteiger partial charge is 0.381 e. The van der Waals surface area contributed by atoms with Gasteiger partial charge in [-0.05, 0) is 61.6 Å². The van der Waals surface area contributed by atoms with Crippen LogP contribution in [0, 0.1) is 12.8 Å². The Morgan fingerprint density at radius 3 is 2.15 bits per heavy atom. The Kier molecular flexibility index (Phi) is 6.81. The molecule has 0 bridgehead atoms. The van der Waals surface area contributed by atoms with Crippen LogP contribution < -0.4 is 5.56 Å². The third-order valence-electron chi connectivity index (χ3n) is 7.19. The lowest BCUT2D eigenvalue weighted by Gasteiger charge is -2.42. The lowest BCUT2D eigenvalue weighted by Crippen LogP contribution is -2.48. The van der Waals surface area contributed by atoms with E-state index in [1.54, 1.807) is 13.1 Å². The lowest BCUT2D eigenvalue weighted by atomic mass is 9.84. The van der Waals surface area contributed by atoms with E-state index >= 15 is 0 Å². The highest BCUT2D eigenvalue weighted by molar-refractivity contribution is 5.93. The first-order valence-corrected chi connectivity index (χ1v) is 12.3. The molecular formula is C26H24F6N4O3. The molecule has 39 heavy (non-hydrogen) atoms. The molecule has 0 aliphatic carbocycles. The summed E-state index contributed by atoms with van der Waals surface area (Å²) in [5.41, 5.74) is -2.65. The molecule has 1 fully saturated rings. The number of benzene rings is 1. The Morgan fingerprint density at radius 1 is 0.949 bits per heavy atom. The summed E-state index contributed by atoms with van der Waals surface area (Å²) in [7, 11) is 0. The number of rotatable bonds is 4. The van der Waals surface area contributed by atoms with Gasteiger partial charge in [0.1, 0.15) is 11.4 Å². The Labute approximate surface area is 218 Å². The van der Waals surface area contributed by atoms with Crippen molar-refractivity contribution in [1.82, 2.24) is 19.0 Å². The number of pyridine rings is 1. The number of carbonyl (C=O) groups is 1. The predicted molar refractivity (Wildman–Crippen MR) is 126 cm³/mol. The van der Waals surface area contributed by atoms with Crippen molar-refractivity contribution in [2.24, 2.45) is 5.92 Å². The van der Waals surface area contributed by atoms with Crippen LogP contribution in [0.5, 0.6) is 0 Å². The van der Waals surface area contributed by atoms with Crippen molar-refractivity contribution in [2.75, 3.05) is 19.8 Å². The fourth-order valence-corrected chi connectivity index (χ4v) is 5.33. The van der Waals surface area contributed by atoms with Crippen LogP contribution in [0.25, 0.3) is 5.69 Å². The highest BCUT2D eigenvalue weighted by atomic mass is 19.4. The molecule has 1 aromatic carbocycles. The molecule has 2 aliphatic rings. The quantitative estimate of drug-likeness (QED) is 0.426. The van der Waals surface area contributed by atoms with Gasteiger partial charge in [-0.1, -0.05) is 0 Å². The maximum Gasteiger partial charge on any atom is 0.416 e. The third kappa shape index (κ3) is 5.19. The topological polar surface area (TPSA) is 69.4 Å². The number of amides is 1. The number of carbonyl (C=O) groups excluding carboxylic acids is 1. The van der Waals surface area contributed by atoms with Crippen LogP contribution in [-0.2, 0) is 23.6 Å². The van der Waals surface area contributed by atoms with Crippen molar-refractivity contribution in [3.63, 3.8) is 0 Å². The molecule has 0 saturated carbocycles. The fraction of sp³-hybridized carbons (Fsp3) is 0.423. The van der Waals surface area contributed by atoms with Gasteiger partial charge < -0.3 is 18.8 Å². The minimum absolute atomic E-state index is 0.00641. The van der Waals surface area contributed by atoms with Crippen molar-refractivity contribution in [1.29, 1.82) is 0 Å². The number of aryl methyl sites for hydroxylation is 1. The van der Waals surface area contributed by atoms with Crippen molar-refractivity contribution in [2.45, 2.75) is 44.7 Å². The van der Waals surface area contributed by atoms with Crippen LogP contribution in [-0.4, -0.2) is 44.7 Å². The summed E-state index contributed by atoms with van der Waals surface area (Å²) in [4.78, 5) is 32.3. The van der Waals surface area contributed by atoms with Crippen molar-refractivity contribution in [3.8, 4) is 5.69 Å². The van der Waals surface area contributed by atoms with Gasteiger partial charge in [0.15, 0.2) is 0 Å². The molecule has 0 N–H and O–H groups in total. The molecule has 1 unspecified atom stereocenters. The Balaban J connectivity index is 1.60. The molecule has 2 aliphatic heterocycles. The van der Waals surface area contributed by atoms with Crippen LogP contribution in [0.1, 0.15) is 51.8 Å². The highest BCUT2D eigenvalue weighted by Gasteiger charge is 2.41. The summed E-state index contributed by atoms with van der Waals surface area (Å²) in [6.07, 6.45) is -6.25. The van der Waals surface area contributed by atoms with E-state index in [0.717, 1.165) is 0 Å². The second-order valence-electron chi connectivity index (χ2n) is 9.72. The van der Waals surface area contributed by atoms with E-state index in [2.05, 4.69) is 4.98 Å². The summed E-state index contributed by atoms with van der Waals surface area (Å²) >= 11 is 0. The summed E-state index contributed by atoms with van der Waals surface area (Å²) in [6.45, 7) is 2.22. The van der Waals surface area contributed by atoms with Crippen LogP contribution in [0.15, 0.2) is 47.7 Å². The molecule has 208 valence electrons. The first-order valence-electron chi connectivity index (χ1n) is 12.3. The van der Waals surface area contributed by atoms with E-state index < -0.39 is 46.9 Å². The van der Waals surface area contributed by atoms with Gasteiger partial charge in [0.25, 0.3) is 11.5 Å². The Morgan fingerprint density at radius 2 is 1.59 bits per heavy atom. The summed E-state index contributed by atoms with van der Waals surface area (Å²) < 4.78 is 90.2. The second-order valence-corrected chi connectivity index (χ2v) is 9.72. The van der Waals surface area contributed by atoms with Gasteiger partial charge in [-0.3, -0.25) is 9.59 Å². The van der Waals surface area contributed by atoms with E-state index in [4.69, 9.17) is 4.74 Å². The maximum absolute atomic E-state index is 13.7. The number of ether oxygens (including phenoxy) is 1. The molecule has 13 heteroatoms. The Hall–Kier alpha value is -3.61. The van der Waals surface area contributed by atoms with Crippen molar-refractivity contribution in [3.05, 3.63) is 81.3 Å². The number of fused-ring (bicyclic) bond motifs is 1. The largest absolute Gasteiger partial charge is 0.416 e. The maximum atomic E-state index is 13.7. The number of aromatic nitrogens is 3. The van der Waals surface area contributed by atoms with E-state index in [1.807, 2.05) is 0 Å². The molecule has 7 nitrogen and oxygen atoms in total. The average Bonchev–Trinajstić information content (AvgIpc) is 3.31. The molecule has 5 rings (SSSR count). The van der Waals surface area contributed by atoms with Gasteiger partial charge in [-0.15, -0.1) is 0 Å². The SMILES string of the molecule is Cc1cn(-c2ccc3n(c2=O)CCN(C(c2cc(C(F)(F)F)cc(C(F)(F)F)c2)C2CCOCC2)C3=O)cn1. The number of hydrogen-bond donors (Lipinski definition) is 0. The van der Waals surface area contributed by atoms with Gasteiger partial charge >= 0.3 is 12.4 Å². The minimum atomic E-state index is -5.02. The van der Waals surface area contributed by atoms with Crippen molar-refractivity contribution < 1.29 is 35.9 Å². The van der Waals surface area contributed by atoms with Crippen LogP contribution in [0.4, 0.5) is 26.3 Å². The Bertz CT molecular complexity index is 1420. The monoisotopic (exact) mass is 554 g/mol. The number of halogens is 6. The summed E-state index contributed by atoms with van der Waals surface area (Å²) in [6, 6.07) is 3.27. The predicted octanol–water partition coefficient (Wildman–Crippen LogP) is 5.00. The fourth-order valence-electron chi connectivity index (χ4n) is 5.33. The van der Waals surface area contributed by atoms with Crippen LogP contribution >= 0.6 is 0 Å². The molecule has 1 atom stereocenters. The standard InChI is InChI=1S/C26H24F6N4O3/c1-15-13-34(14-33-15)20-2-3-21-24(38)36(7-6-35(21)23(20)37)22(16-4-8-39-9-5-16)17-10-18(25(27,28)29)12-19(11-17)26(30,31)32/h2-3,10-14,16,22H,4-9H2,1H3. The normalized spacial score (nSPS) is 17.8. The molecule has 0 spiro atoms. The molecule has 3 aromatic rings. The average molecular weight is 554 g/mol. The molecule has 1 amide bonds. The van der Waals surface area contributed by atoms with E-state index in [-0.39, 0.29) is 49.3 Å². The number of hydrogen-bond acceptors (Lipinski definition) is 4. The van der Waals surface area contributed by atoms with Crippen LogP contribution in [0.2, 0.25) is 0 Å². The first kappa shape index (κ1) is 27.0. The zero-order valence-electron chi connectivity index (χ0n) is 20.7. The molecular weight excluding hydrogens is 530 g/mol.